The summed E-state index contributed by atoms with van der Waals surface area (Å²) in [5, 5.41) is 2.71. The monoisotopic (exact) mass is 802 g/mol. The number of para-hydroxylation sites is 3. The van der Waals surface area contributed by atoms with Gasteiger partial charge in [-0.3, -0.25) is 0 Å². The number of nitrogens with zero attached hydrogens (tertiary/aromatic N) is 4. The molecule has 0 saturated heterocycles. The number of benzene rings is 3. The number of hydrogen-bond donors (Lipinski definition) is 0. The van der Waals surface area contributed by atoms with Crippen LogP contribution in [-0.4, -0.2) is 26.1 Å². The molecular formula is C57H62N4. The second-order valence-electron chi connectivity index (χ2n) is 17.8. The fraction of sp³-hybridized carbons (Fsp3) is 0.333. The molecule has 2 aromatic heterocycles. The summed E-state index contributed by atoms with van der Waals surface area (Å²) < 4.78 is 5.36. The summed E-state index contributed by atoms with van der Waals surface area (Å²) in [7, 11) is 0. The molecule has 0 amide bonds. The van der Waals surface area contributed by atoms with Gasteiger partial charge in [-0.1, -0.05) is 142 Å². The summed E-state index contributed by atoms with van der Waals surface area (Å²) in [5.41, 5.74) is 15.7. The quantitative estimate of drug-likeness (QED) is 0.117. The van der Waals surface area contributed by atoms with Gasteiger partial charge in [-0.25, -0.2) is 0 Å². The molecule has 1 aliphatic heterocycles. The second-order valence-corrected chi connectivity index (χ2v) is 17.8. The molecule has 3 aromatic carbocycles. The minimum absolute atomic E-state index is 0.220. The van der Waals surface area contributed by atoms with Crippen molar-refractivity contribution >= 4 is 33.6 Å². The van der Waals surface area contributed by atoms with E-state index < -0.39 is 0 Å². The predicted octanol–water partition coefficient (Wildman–Crippen LogP) is 14.4. The smallest absolute Gasteiger partial charge is 0.0629 e. The minimum Gasteiger partial charge on any atom is -0.341 e. The molecule has 0 fully saturated rings. The van der Waals surface area contributed by atoms with Crippen LogP contribution in [0.25, 0.3) is 27.9 Å². The van der Waals surface area contributed by atoms with Crippen LogP contribution in [0.15, 0.2) is 163 Å². The maximum atomic E-state index is 2.73. The van der Waals surface area contributed by atoms with E-state index in [4.69, 9.17) is 0 Å². The van der Waals surface area contributed by atoms with Crippen molar-refractivity contribution in [3.63, 3.8) is 0 Å². The number of unbranched alkanes of at least 4 members (excludes halogenated alkanes) is 1. The van der Waals surface area contributed by atoms with Crippen molar-refractivity contribution in [2.45, 2.75) is 122 Å². The van der Waals surface area contributed by atoms with Gasteiger partial charge >= 0.3 is 0 Å². The molecule has 5 aliphatic rings. The molecule has 4 aliphatic carbocycles. The average molecular weight is 803 g/mol. The Kier molecular flexibility index (Phi) is 11.0. The van der Waals surface area contributed by atoms with Crippen molar-refractivity contribution in [3.8, 4) is 0 Å². The summed E-state index contributed by atoms with van der Waals surface area (Å²) >= 11 is 0. The molecule has 310 valence electrons. The molecule has 4 nitrogen and oxygen atoms in total. The van der Waals surface area contributed by atoms with E-state index in [2.05, 4.69) is 198 Å². The first-order valence-corrected chi connectivity index (χ1v) is 23.4. The number of rotatable bonds is 12. The van der Waals surface area contributed by atoms with E-state index in [9.17, 15) is 0 Å². The normalized spacial score (nSPS) is 22.5. The number of hydrogen-bond acceptors (Lipinski definition) is 2. The van der Waals surface area contributed by atoms with E-state index in [1.165, 1.54) is 74.2 Å². The molecule has 5 aromatic rings. The van der Waals surface area contributed by atoms with Crippen LogP contribution in [0.3, 0.4) is 0 Å². The zero-order valence-corrected chi connectivity index (χ0v) is 36.7. The van der Waals surface area contributed by atoms with Crippen molar-refractivity contribution in [3.05, 3.63) is 191 Å². The number of anilines is 1. The van der Waals surface area contributed by atoms with E-state index in [-0.39, 0.29) is 12.1 Å². The van der Waals surface area contributed by atoms with Gasteiger partial charge in [0.15, 0.2) is 0 Å². The van der Waals surface area contributed by atoms with Crippen molar-refractivity contribution in [1.82, 2.24) is 14.0 Å². The van der Waals surface area contributed by atoms with Crippen LogP contribution in [0.1, 0.15) is 119 Å². The topological polar surface area (TPSA) is 16.3 Å². The molecule has 0 N–H and O–H groups in total. The first-order chi connectivity index (χ1) is 30.1. The van der Waals surface area contributed by atoms with Crippen LogP contribution in [-0.2, 0) is 19.3 Å². The Bertz CT molecular complexity index is 2650. The Hall–Kier alpha value is -5.74. The summed E-state index contributed by atoms with van der Waals surface area (Å²) in [6.07, 6.45) is 42.4. The van der Waals surface area contributed by atoms with Gasteiger partial charge in [0.05, 0.1) is 12.1 Å². The van der Waals surface area contributed by atoms with E-state index in [0.29, 0.717) is 18.0 Å². The lowest BCUT2D eigenvalue weighted by molar-refractivity contribution is 0.329. The predicted molar refractivity (Wildman–Crippen MR) is 259 cm³/mol. The average Bonchev–Trinajstić information content (AvgIpc) is 3.95. The van der Waals surface area contributed by atoms with Gasteiger partial charge in [0.2, 0.25) is 0 Å². The largest absolute Gasteiger partial charge is 0.341 e. The van der Waals surface area contributed by atoms with Gasteiger partial charge in [-0.05, 0) is 119 Å². The highest BCUT2D eigenvalue weighted by atomic mass is 15.2. The minimum atomic E-state index is 0.220. The van der Waals surface area contributed by atoms with Gasteiger partial charge in [-0.15, -0.1) is 0 Å². The first-order valence-electron chi connectivity index (χ1n) is 23.4. The highest BCUT2D eigenvalue weighted by Gasteiger charge is 2.38. The molecule has 3 heterocycles. The molecule has 61 heavy (non-hydrogen) atoms. The van der Waals surface area contributed by atoms with Crippen LogP contribution < -0.4 is 4.90 Å². The molecule has 0 saturated carbocycles. The highest BCUT2D eigenvalue weighted by molar-refractivity contribution is 6.08. The fourth-order valence-corrected chi connectivity index (χ4v) is 11.5. The lowest BCUT2D eigenvalue weighted by Gasteiger charge is -2.39. The standard InChI is InChI=1S/C57H62N4/c1-5-8-24-52-46(7-3)47-19-9-14-25-53(47)58(52)40(4)30-31-41(6-2)59(42-32-36-44(37-33-42)60-54-26-15-10-20-48(54)49-21-11-16-27-55(49)60)43-34-38-45(39-35-43)61-56-28-17-12-22-50(56)51-23-13-18-29-57(51)61/h6,9-13,15-23,26-32,34,36-37,40,42,45,48,54H,5,7-8,14,24-25,33,35,38-39H2,1-4H3/b31-30-,41-6+. The van der Waals surface area contributed by atoms with Crippen LogP contribution >= 0.6 is 0 Å². The summed E-state index contributed by atoms with van der Waals surface area (Å²) in [5.74, 6) is 0.388. The Morgan fingerprint density at radius 1 is 0.852 bits per heavy atom. The Morgan fingerprint density at radius 3 is 2.34 bits per heavy atom. The number of aromatic nitrogens is 2. The molecule has 10 rings (SSSR count). The first kappa shape index (κ1) is 39.4. The van der Waals surface area contributed by atoms with E-state index >= 15 is 0 Å². The van der Waals surface area contributed by atoms with Crippen LogP contribution in [0.2, 0.25) is 0 Å². The summed E-state index contributed by atoms with van der Waals surface area (Å²) in [6, 6.07) is 28.2. The molecule has 0 radical (unpaired) electrons. The van der Waals surface area contributed by atoms with Gasteiger partial charge in [0, 0.05) is 74.0 Å². The van der Waals surface area contributed by atoms with Gasteiger partial charge in [-0.2, -0.15) is 0 Å². The van der Waals surface area contributed by atoms with E-state index in [0.717, 1.165) is 51.4 Å². The fourth-order valence-electron chi connectivity index (χ4n) is 11.5. The van der Waals surface area contributed by atoms with E-state index in [1.807, 2.05) is 0 Å². The Labute approximate surface area is 363 Å². The third-order valence-corrected chi connectivity index (χ3v) is 14.3. The molecule has 4 heteroatoms. The van der Waals surface area contributed by atoms with E-state index in [1.54, 1.807) is 11.3 Å². The summed E-state index contributed by atoms with van der Waals surface area (Å²) in [6.45, 7) is 9.33. The molecular weight excluding hydrogens is 741 g/mol. The van der Waals surface area contributed by atoms with Crippen LogP contribution in [0, 0.1) is 0 Å². The van der Waals surface area contributed by atoms with Crippen LogP contribution in [0.5, 0.6) is 0 Å². The maximum absolute atomic E-state index is 2.73. The molecule has 5 atom stereocenters. The molecule has 0 spiro atoms. The van der Waals surface area contributed by atoms with Crippen LogP contribution in [0.4, 0.5) is 5.69 Å². The van der Waals surface area contributed by atoms with Gasteiger partial charge < -0.3 is 18.9 Å². The zero-order valence-electron chi connectivity index (χ0n) is 36.7. The summed E-state index contributed by atoms with van der Waals surface area (Å²) in [4.78, 5) is 5.28. The maximum Gasteiger partial charge on any atom is 0.0629 e. The Morgan fingerprint density at radius 2 is 1.62 bits per heavy atom. The number of fused-ring (bicyclic) bond motifs is 7. The number of allylic oxidation sites excluding steroid dienone is 9. The van der Waals surface area contributed by atoms with Crippen molar-refractivity contribution < 1.29 is 0 Å². The van der Waals surface area contributed by atoms with Crippen molar-refractivity contribution in [2.75, 3.05) is 4.90 Å². The second kappa shape index (κ2) is 17.0. The van der Waals surface area contributed by atoms with Crippen molar-refractivity contribution in [1.29, 1.82) is 0 Å². The third kappa shape index (κ3) is 6.93. The van der Waals surface area contributed by atoms with Crippen molar-refractivity contribution in [2.24, 2.45) is 0 Å². The third-order valence-electron chi connectivity index (χ3n) is 14.3. The molecule has 5 unspecified atom stereocenters. The lowest BCUT2D eigenvalue weighted by atomic mass is 9.91. The SMILES string of the molecule is C/C=C(\C=C/C(C)n1c2c(c(CC)c1CCCC)C=CCC2)N(C1=CCC(n2c3ccccc3c3ccccc32)CC1)C1C=CC(N2c3ccccc3C3C=CC=CC32)=CC1. The highest BCUT2D eigenvalue weighted by Crippen LogP contribution is 2.47. The zero-order chi connectivity index (χ0) is 41.5. The molecule has 0 bridgehead atoms. The Balaban J connectivity index is 0.990. The van der Waals surface area contributed by atoms with Gasteiger partial charge in [0.1, 0.15) is 0 Å². The lowest BCUT2D eigenvalue weighted by Crippen LogP contribution is -2.36. The van der Waals surface area contributed by atoms with Gasteiger partial charge in [0.25, 0.3) is 0 Å².